The van der Waals surface area contributed by atoms with E-state index in [1.165, 1.54) is 29.4 Å². The summed E-state index contributed by atoms with van der Waals surface area (Å²) < 4.78 is 42.9. The predicted octanol–water partition coefficient (Wildman–Crippen LogP) is 4.26. The number of carbonyl (C=O) groups is 2. The van der Waals surface area contributed by atoms with Crippen molar-refractivity contribution >= 4 is 60.7 Å². The molecule has 0 bridgehead atoms. The van der Waals surface area contributed by atoms with Crippen molar-refractivity contribution in [3.05, 3.63) is 81.9 Å². The summed E-state index contributed by atoms with van der Waals surface area (Å²) in [5.74, 6) is -2.80. The minimum absolute atomic E-state index is 0.0292. The van der Waals surface area contributed by atoms with Gasteiger partial charge in [-0.25, -0.2) is 23.4 Å². The fourth-order valence-electron chi connectivity index (χ4n) is 5.25. The molecule has 2 aromatic heterocycles. The predicted molar refractivity (Wildman–Crippen MR) is 152 cm³/mol. The van der Waals surface area contributed by atoms with Gasteiger partial charge in [0.2, 0.25) is 10.0 Å². The topological polar surface area (TPSA) is 134 Å². The van der Waals surface area contributed by atoms with Gasteiger partial charge in [-0.05, 0) is 43.7 Å². The van der Waals surface area contributed by atoms with Crippen LogP contribution >= 0.6 is 27.5 Å². The van der Waals surface area contributed by atoms with Gasteiger partial charge in [0, 0.05) is 4.47 Å². The van der Waals surface area contributed by atoms with Crippen LogP contribution in [0.15, 0.2) is 70.6 Å². The molecular weight excluding hydrogens is 638 g/mol. The van der Waals surface area contributed by atoms with Crippen LogP contribution in [0.5, 0.6) is 0 Å². The number of sulfonamides is 1. The molecule has 1 aliphatic heterocycles. The molecule has 0 N–H and O–H groups in total. The minimum atomic E-state index is -4.41. The first kappa shape index (κ1) is 29.1. The number of methoxy groups -OCH3 is 1. The van der Waals surface area contributed by atoms with Crippen molar-refractivity contribution in [2.75, 3.05) is 13.7 Å². The van der Waals surface area contributed by atoms with E-state index in [1.807, 2.05) is 6.92 Å². The van der Waals surface area contributed by atoms with Gasteiger partial charge in [0.15, 0.2) is 10.8 Å². The molecule has 3 heterocycles. The zero-order valence-electron chi connectivity index (χ0n) is 22.1. The van der Waals surface area contributed by atoms with Gasteiger partial charge < -0.3 is 14.0 Å². The van der Waals surface area contributed by atoms with Crippen LogP contribution in [-0.2, 0) is 29.1 Å². The third-order valence-electron chi connectivity index (χ3n) is 7.02. The highest BCUT2D eigenvalue weighted by molar-refractivity contribution is 9.10. The van der Waals surface area contributed by atoms with Crippen molar-refractivity contribution in [1.82, 2.24) is 23.8 Å². The molecule has 14 heteroatoms. The van der Waals surface area contributed by atoms with Gasteiger partial charge in [0.1, 0.15) is 23.8 Å². The highest BCUT2D eigenvalue weighted by Crippen LogP contribution is 2.51. The first-order chi connectivity index (χ1) is 19.6. The first-order valence-corrected chi connectivity index (χ1v) is 15.1. The summed E-state index contributed by atoms with van der Waals surface area (Å²) in [5.41, 5.74) is 1.75. The van der Waals surface area contributed by atoms with Crippen LogP contribution in [-0.4, -0.2) is 63.9 Å². The monoisotopic (exact) mass is 661 g/mol. The Morgan fingerprint density at radius 2 is 1.71 bits per heavy atom. The van der Waals surface area contributed by atoms with E-state index in [0.717, 1.165) is 21.5 Å². The number of halogens is 2. The van der Waals surface area contributed by atoms with Crippen LogP contribution in [0.3, 0.4) is 0 Å². The number of nitrogens with zero attached hydrogens (tertiary/aromatic N) is 5. The molecule has 0 aliphatic carbocycles. The van der Waals surface area contributed by atoms with Crippen molar-refractivity contribution in [3.63, 3.8) is 0 Å². The first-order valence-electron chi connectivity index (χ1n) is 12.5. The molecule has 0 spiro atoms. The lowest BCUT2D eigenvalue weighted by Gasteiger charge is -2.29. The number of carbonyl (C=O) groups excluding carboxylic acids is 2. The molecule has 0 radical (unpaired) electrons. The maximum Gasteiger partial charge on any atom is 0.326 e. The van der Waals surface area contributed by atoms with E-state index in [9.17, 15) is 18.0 Å². The van der Waals surface area contributed by atoms with Gasteiger partial charge in [-0.2, -0.15) is 4.31 Å². The largest absolute Gasteiger partial charge is 0.468 e. The number of fused-ring (bicyclic) bond motifs is 1. The Bertz CT molecular complexity index is 1710. The number of imidazole rings is 1. The van der Waals surface area contributed by atoms with Gasteiger partial charge >= 0.3 is 11.9 Å². The molecule has 1 saturated heterocycles. The van der Waals surface area contributed by atoms with Crippen molar-refractivity contribution in [1.29, 1.82) is 0 Å². The number of esters is 2. The van der Waals surface area contributed by atoms with E-state index >= 15 is 0 Å². The number of benzene rings is 2. The Kier molecular flexibility index (Phi) is 8.15. The van der Waals surface area contributed by atoms with E-state index in [1.54, 1.807) is 43.3 Å². The molecule has 0 unspecified atom stereocenters. The molecule has 1 aliphatic rings. The summed E-state index contributed by atoms with van der Waals surface area (Å²) in [6.07, 6.45) is 2.58. The molecular formula is C27H25BrClN5O6S. The summed E-state index contributed by atoms with van der Waals surface area (Å²) in [6, 6.07) is 9.24. The van der Waals surface area contributed by atoms with Crippen LogP contribution in [0.4, 0.5) is 0 Å². The van der Waals surface area contributed by atoms with Gasteiger partial charge in [-0.15, -0.1) is 0 Å². The number of aromatic nitrogens is 4. The van der Waals surface area contributed by atoms with E-state index in [2.05, 4.69) is 30.9 Å². The number of ether oxygens (including phenoxy) is 2. The zero-order chi connectivity index (χ0) is 29.5. The maximum atomic E-state index is 14.5. The second-order valence-electron chi connectivity index (χ2n) is 9.37. The molecule has 0 amide bonds. The second-order valence-corrected chi connectivity index (χ2v) is 12.5. The summed E-state index contributed by atoms with van der Waals surface area (Å²) in [7, 11) is -3.25. The molecule has 1 fully saturated rings. The Morgan fingerprint density at radius 1 is 1.02 bits per heavy atom. The Hall–Kier alpha value is -3.39. The SMILES string of the molecule is CCOC(=O)[C@H]1[C@H](n2cnc3c(Cl)ncnc32)[C@H](C(=O)OC)N(S(=O)(=O)c2ccc(C)cc2)[C@@H]1c1ccc(Br)cc1. The lowest BCUT2D eigenvalue weighted by atomic mass is 9.89. The van der Waals surface area contributed by atoms with Gasteiger partial charge in [-0.3, -0.25) is 9.59 Å². The molecule has 41 heavy (non-hydrogen) atoms. The highest BCUT2D eigenvalue weighted by Gasteiger charge is 2.61. The zero-order valence-corrected chi connectivity index (χ0v) is 25.3. The molecule has 4 aromatic rings. The lowest BCUT2D eigenvalue weighted by Crippen LogP contribution is -2.45. The summed E-state index contributed by atoms with van der Waals surface area (Å²) in [6.45, 7) is 3.51. The van der Waals surface area contributed by atoms with Crippen LogP contribution in [0.1, 0.15) is 30.1 Å². The van der Waals surface area contributed by atoms with Gasteiger partial charge in [0.25, 0.3) is 0 Å². The average Bonchev–Trinajstić information content (AvgIpc) is 3.54. The normalized spacial score (nSPS) is 21.2. The van der Waals surface area contributed by atoms with Crippen molar-refractivity contribution in [2.24, 2.45) is 5.92 Å². The molecule has 5 rings (SSSR count). The molecule has 0 saturated carbocycles. The number of hydrogen-bond acceptors (Lipinski definition) is 9. The van der Waals surface area contributed by atoms with Crippen molar-refractivity contribution in [3.8, 4) is 0 Å². The Balaban J connectivity index is 1.84. The Morgan fingerprint density at radius 3 is 2.34 bits per heavy atom. The maximum absolute atomic E-state index is 14.5. The minimum Gasteiger partial charge on any atom is -0.468 e. The van der Waals surface area contributed by atoms with Gasteiger partial charge in [-0.1, -0.05) is 57.4 Å². The number of rotatable bonds is 7. The smallest absolute Gasteiger partial charge is 0.326 e. The van der Waals surface area contributed by atoms with Crippen LogP contribution < -0.4 is 0 Å². The van der Waals surface area contributed by atoms with Crippen LogP contribution in [0.25, 0.3) is 11.2 Å². The number of aryl methyl sites for hydroxylation is 1. The second kappa shape index (κ2) is 11.5. The average molecular weight is 663 g/mol. The summed E-state index contributed by atoms with van der Waals surface area (Å²) in [5, 5.41) is 0.0580. The van der Waals surface area contributed by atoms with E-state index in [-0.39, 0.29) is 27.8 Å². The van der Waals surface area contributed by atoms with Gasteiger partial charge in [0.05, 0.1) is 37.0 Å². The summed E-state index contributed by atoms with van der Waals surface area (Å²) in [4.78, 5) is 40.0. The lowest BCUT2D eigenvalue weighted by molar-refractivity contribution is -0.150. The van der Waals surface area contributed by atoms with Crippen LogP contribution in [0, 0.1) is 12.8 Å². The van der Waals surface area contributed by atoms with E-state index < -0.39 is 46.0 Å². The summed E-state index contributed by atoms with van der Waals surface area (Å²) >= 11 is 9.67. The third kappa shape index (κ3) is 5.11. The highest BCUT2D eigenvalue weighted by atomic mass is 79.9. The molecule has 11 nitrogen and oxygen atoms in total. The number of hydrogen-bond donors (Lipinski definition) is 0. The standard InChI is InChI=1S/C27H25BrClN5O6S/c1-4-40-26(35)19-21(16-7-9-17(28)10-8-16)34(41(37,38)18-11-5-15(2)6-12-18)23(27(36)39-3)22(19)33-14-32-20-24(29)30-13-31-25(20)33/h5-14,19,21-23H,4H2,1-3H3/t19-,21-,22+,23-/m1/s1. The van der Waals surface area contributed by atoms with E-state index in [0.29, 0.717) is 5.56 Å². The van der Waals surface area contributed by atoms with Crippen molar-refractivity contribution in [2.45, 2.75) is 36.9 Å². The third-order valence-corrected chi connectivity index (χ3v) is 9.71. The fraction of sp³-hybridized carbons (Fsp3) is 0.296. The molecule has 2 aromatic carbocycles. The van der Waals surface area contributed by atoms with Crippen molar-refractivity contribution < 1.29 is 27.5 Å². The Labute approximate surface area is 249 Å². The molecule has 4 atom stereocenters. The quantitative estimate of drug-likeness (QED) is 0.210. The fourth-order valence-corrected chi connectivity index (χ4v) is 7.47. The van der Waals surface area contributed by atoms with Crippen LogP contribution in [0.2, 0.25) is 5.15 Å². The molecule has 214 valence electrons. The van der Waals surface area contributed by atoms with E-state index in [4.69, 9.17) is 21.1 Å².